The van der Waals surface area contributed by atoms with E-state index >= 15 is 0 Å². The molecule has 1 saturated heterocycles. The molecule has 1 fully saturated rings. The van der Waals surface area contributed by atoms with E-state index in [9.17, 15) is 9.90 Å². The molecule has 0 aromatic heterocycles. The van der Waals surface area contributed by atoms with Gasteiger partial charge in [-0.2, -0.15) is 0 Å². The summed E-state index contributed by atoms with van der Waals surface area (Å²) in [5.74, 6) is 0. The Kier molecular flexibility index (Phi) is 6.91. The Bertz CT molecular complexity index is 246. The van der Waals surface area contributed by atoms with Gasteiger partial charge < -0.3 is 34.3 Å². The number of aliphatic hydroxyl groups excluding tert-OH is 3. The fourth-order valence-corrected chi connectivity index (χ4v) is 1.22. The van der Waals surface area contributed by atoms with Crippen molar-refractivity contribution in [3.63, 3.8) is 0 Å². The van der Waals surface area contributed by atoms with Crippen molar-refractivity contribution in [2.75, 3.05) is 39.6 Å². The Hall–Kier alpha value is -0.930. The summed E-state index contributed by atoms with van der Waals surface area (Å²) in [6, 6.07) is 0. The SMILES string of the molecule is O=C1OCC(COCC(O)COCC(O)CO)O1. The maximum atomic E-state index is 10.6. The van der Waals surface area contributed by atoms with E-state index in [1.165, 1.54) is 0 Å². The average Bonchev–Trinajstić information content (AvgIpc) is 2.75. The molecule has 0 spiro atoms. The largest absolute Gasteiger partial charge is 0.508 e. The Morgan fingerprint density at radius 1 is 1.22 bits per heavy atom. The lowest BCUT2D eigenvalue weighted by Crippen LogP contribution is -2.28. The first-order valence-corrected chi connectivity index (χ1v) is 5.57. The number of hydrogen-bond donors (Lipinski definition) is 3. The highest BCUT2D eigenvalue weighted by atomic mass is 16.8. The summed E-state index contributed by atoms with van der Waals surface area (Å²) >= 11 is 0. The first kappa shape index (κ1) is 15.1. The summed E-state index contributed by atoms with van der Waals surface area (Å²) < 4.78 is 19.3. The molecule has 3 unspecified atom stereocenters. The second kappa shape index (κ2) is 8.22. The number of aliphatic hydroxyl groups is 3. The molecule has 0 amide bonds. The summed E-state index contributed by atoms with van der Waals surface area (Å²) in [7, 11) is 0. The molecule has 3 N–H and O–H groups in total. The molecule has 0 radical (unpaired) electrons. The van der Waals surface area contributed by atoms with Crippen molar-refractivity contribution < 1.29 is 39.1 Å². The van der Waals surface area contributed by atoms with Gasteiger partial charge in [-0.3, -0.25) is 0 Å². The molecule has 18 heavy (non-hydrogen) atoms. The molecule has 8 nitrogen and oxygen atoms in total. The van der Waals surface area contributed by atoms with Gasteiger partial charge >= 0.3 is 6.16 Å². The van der Waals surface area contributed by atoms with Crippen LogP contribution in [0.4, 0.5) is 4.79 Å². The Balaban J connectivity index is 1.96. The second-order valence-corrected chi connectivity index (χ2v) is 3.87. The number of rotatable bonds is 9. The zero-order valence-corrected chi connectivity index (χ0v) is 9.86. The van der Waals surface area contributed by atoms with E-state index in [2.05, 4.69) is 4.74 Å². The Morgan fingerprint density at radius 2 is 1.89 bits per heavy atom. The van der Waals surface area contributed by atoms with E-state index in [0.29, 0.717) is 0 Å². The molecule has 1 aliphatic heterocycles. The molecule has 1 rings (SSSR count). The number of cyclic esters (lactones) is 2. The highest BCUT2D eigenvalue weighted by molar-refractivity contribution is 5.61. The van der Waals surface area contributed by atoms with Crippen molar-refractivity contribution in [1.29, 1.82) is 0 Å². The highest BCUT2D eigenvalue weighted by Gasteiger charge is 2.25. The normalized spacial score (nSPS) is 22.4. The van der Waals surface area contributed by atoms with Gasteiger partial charge in [-0.05, 0) is 0 Å². The van der Waals surface area contributed by atoms with E-state index in [1.807, 2.05) is 0 Å². The van der Waals surface area contributed by atoms with Gasteiger partial charge in [-0.1, -0.05) is 0 Å². The predicted octanol–water partition coefficient (Wildman–Crippen LogP) is -1.73. The summed E-state index contributed by atoms with van der Waals surface area (Å²) in [4.78, 5) is 10.6. The minimum absolute atomic E-state index is 0.0159. The zero-order valence-electron chi connectivity index (χ0n) is 9.86. The summed E-state index contributed by atoms with van der Waals surface area (Å²) in [6.07, 6.45) is -2.96. The van der Waals surface area contributed by atoms with Gasteiger partial charge in [0.05, 0.1) is 33.0 Å². The zero-order chi connectivity index (χ0) is 13.4. The van der Waals surface area contributed by atoms with Crippen LogP contribution in [0.5, 0.6) is 0 Å². The molecule has 0 aromatic rings. The van der Waals surface area contributed by atoms with Gasteiger partial charge in [0.2, 0.25) is 0 Å². The van der Waals surface area contributed by atoms with Gasteiger partial charge in [0, 0.05) is 0 Å². The van der Waals surface area contributed by atoms with Crippen LogP contribution >= 0.6 is 0 Å². The molecule has 1 heterocycles. The van der Waals surface area contributed by atoms with E-state index in [1.54, 1.807) is 0 Å². The van der Waals surface area contributed by atoms with Crippen molar-refractivity contribution in [1.82, 2.24) is 0 Å². The van der Waals surface area contributed by atoms with Gasteiger partial charge in [0.15, 0.2) is 6.10 Å². The maximum Gasteiger partial charge on any atom is 0.508 e. The van der Waals surface area contributed by atoms with Gasteiger partial charge in [0.25, 0.3) is 0 Å². The van der Waals surface area contributed by atoms with Gasteiger partial charge in [0.1, 0.15) is 18.8 Å². The first-order chi connectivity index (χ1) is 8.61. The number of hydrogen-bond acceptors (Lipinski definition) is 8. The molecule has 106 valence electrons. The Labute approximate surface area is 104 Å². The van der Waals surface area contributed by atoms with Crippen LogP contribution in [0.2, 0.25) is 0 Å². The molecule has 0 bridgehead atoms. The molecular weight excluding hydrogens is 248 g/mol. The maximum absolute atomic E-state index is 10.6. The lowest BCUT2D eigenvalue weighted by atomic mass is 10.4. The topological polar surface area (TPSA) is 115 Å². The standard InChI is InChI=1S/C10H18O8/c11-1-7(12)2-15-3-8(13)4-16-5-9-6-17-10(14)18-9/h7-9,11-13H,1-6H2. The van der Waals surface area contributed by atoms with Crippen LogP contribution in [0.15, 0.2) is 0 Å². The van der Waals surface area contributed by atoms with E-state index in [0.717, 1.165) is 0 Å². The molecule has 1 aliphatic rings. The van der Waals surface area contributed by atoms with Gasteiger partial charge in [-0.15, -0.1) is 0 Å². The number of carbonyl (C=O) groups excluding carboxylic acids is 1. The predicted molar refractivity (Wildman–Crippen MR) is 57.0 cm³/mol. The van der Waals surface area contributed by atoms with E-state index in [4.69, 9.17) is 24.4 Å². The van der Waals surface area contributed by atoms with Crippen molar-refractivity contribution in [3.8, 4) is 0 Å². The fraction of sp³-hybridized carbons (Fsp3) is 0.900. The first-order valence-electron chi connectivity index (χ1n) is 5.57. The second-order valence-electron chi connectivity index (χ2n) is 3.87. The third-order valence-corrected chi connectivity index (χ3v) is 2.10. The fourth-order valence-electron chi connectivity index (χ4n) is 1.22. The van der Waals surface area contributed by atoms with Crippen LogP contribution in [0.1, 0.15) is 0 Å². The summed E-state index contributed by atoms with van der Waals surface area (Å²) in [5.41, 5.74) is 0. The Morgan fingerprint density at radius 3 is 2.50 bits per heavy atom. The highest BCUT2D eigenvalue weighted by Crippen LogP contribution is 2.06. The molecular formula is C10H18O8. The average molecular weight is 266 g/mol. The minimum atomic E-state index is -0.951. The van der Waals surface area contributed by atoms with Gasteiger partial charge in [-0.25, -0.2) is 4.79 Å². The van der Waals surface area contributed by atoms with Crippen LogP contribution in [-0.4, -0.2) is 79.4 Å². The number of ether oxygens (including phenoxy) is 4. The quantitative estimate of drug-likeness (QED) is 0.422. The molecule has 0 aromatic carbocycles. The third kappa shape index (κ3) is 6.12. The van der Waals surface area contributed by atoms with Crippen molar-refractivity contribution in [2.24, 2.45) is 0 Å². The summed E-state index contributed by atoms with van der Waals surface area (Å²) in [6.45, 7) is -0.154. The van der Waals surface area contributed by atoms with Crippen molar-refractivity contribution in [2.45, 2.75) is 18.3 Å². The van der Waals surface area contributed by atoms with Crippen LogP contribution in [0, 0.1) is 0 Å². The van der Waals surface area contributed by atoms with Crippen molar-refractivity contribution in [3.05, 3.63) is 0 Å². The summed E-state index contributed by atoms with van der Waals surface area (Å²) in [5, 5.41) is 26.9. The molecule has 0 aliphatic carbocycles. The lowest BCUT2D eigenvalue weighted by Gasteiger charge is -2.14. The molecule has 0 saturated carbocycles. The molecule has 8 heteroatoms. The van der Waals surface area contributed by atoms with E-state index in [-0.39, 0.29) is 39.6 Å². The van der Waals surface area contributed by atoms with E-state index < -0.39 is 24.5 Å². The smallest absolute Gasteiger partial charge is 0.430 e. The van der Waals surface area contributed by atoms with Crippen LogP contribution in [0.3, 0.4) is 0 Å². The lowest BCUT2D eigenvalue weighted by molar-refractivity contribution is -0.0558. The van der Waals surface area contributed by atoms with Crippen LogP contribution < -0.4 is 0 Å². The van der Waals surface area contributed by atoms with Crippen molar-refractivity contribution >= 4 is 6.16 Å². The number of carbonyl (C=O) groups is 1. The van der Waals surface area contributed by atoms with Crippen LogP contribution in [-0.2, 0) is 18.9 Å². The van der Waals surface area contributed by atoms with Crippen LogP contribution in [0.25, 0.3) is 0 Å². The minimum Gasteiger partial charge on any atom is -0.430 e. The third-order valence-electron chi connectivity index (χ3n) is 2.10. The monoisotopic (exact) mass is 266 g/mol. The molecule has 3 atom stereocenters.